The van der Waals surface area contributed by atoms with Crippen LogP contribution >= 0.6 is 0 Å². The van der Waals surface area contributed by atoms with Gasteiger partial charge in [-0.15, -0.1) is 10.2 Å². The van der Waals surface area contributed by atoms with Crippen molar-refractivity contribution in [3.8, 4) is 17.0 Å². The molecule has 1 aliphatic rings. The molecule has 0 unspecified atom stereocenters. The molecule has 1 atom stereocenters. The number of aromatic nitrogens is 3. The highest BCUT2D eigenvalue weighted by molar-refractivity contribution is 7.93. The normalized spacial score (nSPS) is 14.5. The van der Waals surface area contributed by atoms with Crippen LogP contribution in [-0.2, 0) is 14.5 Å². The summed E-state index contributed by atoms with van der Waals surface area (Å²) in [5, 5.41) is 16.1. The van der Waals surface area contributed by atoms with Crippen LogP contribution in [-0.4, -0.2) is 50.6 Å². The molecule has 194 valence electrons. The van der Waals surface area contributed by atoms with Gasteiger partial charge in [-0.05, 0) is 51.0 Å². The lowest BCUT2D eigenvalue weighted by Crippen LogP contribution is -2.22. The number of ether oxygens (including phenoxy) is 1. The molecule has 2 amide bonds. The first-order chi connectivity index (χ1) is 17.6. The van der Waals surface area contributed by atoms with Gasteiger partial charge >= 0.3 is 0 Å². The summed E-state index contributed by atoms with van der Waals surface area (Å²) in [6, 6.07) is 10.3. The molecule has 0 radical (unpaired) electrons. The molecule has 0 aliphatic heterocycles. The molecule has 1 aromatic carbocycles. The average molecular weight is 524 g/mol. The van der Waals surface area contributed by atoms with Crippen LogP contribution in [0.3, 0.4) is 0 Å². The minimum atomic E-state index is -2.96. The van der Waals surface area contributed by atoms with Crippen molar-refractivity contribution in [3.63, 3.8) is 0 Å². The molecule has 11 nitrogen and oxygen atoms in total. The third kappa shape index (κ3) is 5.53. The zero-order valence-corrected chi connectivity index (χ0v) is 21.8. The predicted octanol–water partition coefficient (Wildman–Crippen LogP) is 3.81. The average Bonchev–Trinajstić information content (AvgIpc) is 3.74. The minimum absolute atomic E-state index is 0.0172. The second kappa shape index (κ2) is 10.5. The van der Waals surface area contributed by atoms with Crippen LogP contribution in [0.25, 0.3) is 11.3 Å². The fraction of sp³-hybridized carbons (Fsp3) is 0.320. The van der Waals surface area contributed by atoms with Gasteiger partial charge in [-0.2, -0.15) is 0 Å². The first-order valence-electron chi connectivity index (χ1n) is 11.7. The van der Waals surface area contributed by atoms with Crippen molar-refractivity contribution in [1.82, 2.24) is 20.5 Å². The second-order valence-electron chi connectivity index (χ2n) is 8.87. The molecule has 0 saturated heterocycles. The molecule has 2 heterocycles. The van der Waals surface area contributed by atoms with Crippen LogP contribution in [0.4, 0.5) is 17.2 Å². The number of para-hydroxylation sites is 1. The molecular weight excluding hydrogens is 494 g/mol. The van der Waals surface area contributed by atoms with Crippen LogP contribution in [0.2, 0.25) is 0 Å². The van der Waals surface area contributed by atoms with E-state index in [1.165, 1.54) is 20.4 Å². The molecule has 1 saturated carbocycles. The summed E-state index contributed by atoms with van der Waals surface area (Å²) in [6.07, 6.45) is 3.14. The van der Waals surface area contributed by atoms with Crippen molar-refractivity contribution in [2.75, 3.05) is 24.8 Å². The van der Waals surface area contributed by atoms with Crippen LogP contribution in [0.15, 0.2) is 47.5 Å². The lowest BCUT2D eigenvalue weighted by Gasteiger charge is -2.17. The van der Waals surface area contributed by atoms with Gasteiger partial charge in [0, 0.05) is 36.0 Å². The number of rotatable bonds is 9. The molecule has 0 spiro atoms. The zero-order chi connectivity index (χ0) is 26.7. The summed E-state index contributed by atoms with van der Waals surface area (Å²) in [5.74, 6) is 0.0733. The van der Waals surface area contributed by atoms with E-state index in [9.17, 15) is 13.8 Å². The minimum Gasteiger partial charge on any atom is -0.494 e. The number of amides is 2. The van der Waals surface area contributed by atoms with E-state index in [-0.39, 0.29) is 28.6 Å². The van der Waals surface area contributed by atoms with Gasteiger partial charge in [0.2, 0.25) is 5.91 Å². The molecule has 3 aromatic rings. The Bertz CT molecular complexity index is 1440. The monoisotopic (exact) mass is 523 g/mol. The number of hydrogen-bond acceptors (Lipinski definition) is 9. The van der Waals surface area contributed by atoms with E-state index in [4.69, 9.17) is 9.52 Å². The Morgan fingerprint density at radius 2 is 1.89 bits per heavy atom. The van der Waals surface area contributed by atoms with Crippen molar-refractivity contribution in [3.05, 3.63) is 48.3 Å². The molecule has 2 aromatic heterocycles. The van der Waals surface area contributed by atoms with Gasteiger partial charge in [0.05, 0.1) is 38.8 Å². The maximum atomic E-state index is 12.7. The summed E-state index contributed by atoms with van der Waals surface area (Å²) in [5.41, 5.74) is 2.09. The maximum absolute atomic E-state index is 12.7. The highest BCUT2D eigenvalue weighted by atomic mass is 32.2. The lowest BCUT2D eigenvalue weighted by atomic mass is 10.1. The summed E-state index contributed by atoms with van der Waals surface area (Å²) in [4.78, 5) is 29.5. The summed E-state index contributed by atoms with van der Waals surface area (Å²) < 4.78 is 26.6. The maximum Gasteiger partial charge on any atom is 0.273 e. The van der Waals surface area contributed by atoms with Gasteiger partial charge < -0.3 is 20.7 Å². The Hall–Kier alpha value is -4.06. The highest BCUT2D eigenvalue weighted by Crippen LogP contribution is 2.38. The van der Waals surface area contributed by atoms with Gasteiger partial charge in [0.1, 0.15) is 0 Å². The predicted molar refractivity (Wildman–Crippen MR) is 141 cm³/mol. The number of pyridine rings is 1. The summed E-state index contributed by atoms with van der Waals surface area (Å²) in [7, 11) is 0.0440. The van der Waals surface area contributed by atoms with Crippen molar-refractivity contribution in [2.45, 2.75) is 36.8 Å². The van der Waals surface area contributed by atoms with Crippen LogP contribution < -0.4 is 20.7 Å². The molecule has 12 heteroatoms. The quantitative estimate of drug-likeness (QED) is 0.329. The van der Waals surface area contributed by atoms with E-state index in [2.05, 4.69) is 31.1 Å². The molecule has 4 rings (SSSR count). The van der Waals surface area contributed by atoms with Crippen LogP contribution in [0.5, 0.6) is 5.75 Å². The Labute approximate surface area is 215 Å². The number of carbonyl (C=O) groups is 2. The van der Waals surface area contributed by atoms with Crippen molar-refractivity contribution < 1.29 is 18.5 Å². The van der Waals surface area contributed by atoms with Gasteiger partial charge in [0.25, 0.3) is 5.91 Å². The second-order valence-corrected chi connectivity index (χ2v) is 11.5. The van der Waals surface area contributed by atoms with Crippen LogP contribution in [0.1, 0.15) is 37.2 Å². The van der Waals surface area contributed by atoms with Gasteiger partial charge in [0.15, 0.2) is 17.3 Å². The number of anilines is 3. The van der Waals surface area contributed by atoms with E-state index in [0.29, 0.717) is 33.3 Å². The number of nitrogens with one attached hydrogen (secondary N) is 4. The molecule has 0 bridgehead atoms. The first-order valence-corrected chi connectivity index (χ1v) is 13.4. The first kappa shape index (κ1) is 26.0. The lowest BCUT2D eigenvalue weighted by molar-refractivity contribution is -0.117. The molecule has 1 aliphatic carbocycles. The number of nitrogens with zero attached hydrogens (tertiary/aromatic N) is 3. The van der Waals surface area contributed by atoms with E-state index in [1.54, 1.807) is 44.2 Å². The SMILES string of the molecule is CNC(=O)c1nnc(NC(=O)C2CC2)cc1Nc1cccc(-c2ccc([S@@](=N)(=O)C(C)C)cn2)c1OC. The zero-order valence-electron chi connectivity index (χ0n) is 21.0. The van der Waals surface area contributed by atoms with Crippen molar-refractivity contribution >= 4 is 38.7 Å². The van der Waals surface area contributed by atoms with Crippen molar-refractivity contribution in [2.24, 2.45) is 5.92 Å². The van der Waals surface area contributed by atoms with Gasteiger partial charge in [-0.1, -0.05) is 6.07 Å². The fourth-order valence-electron chi connectivity index (χ4n) is 3.60. The molecule has 37 heavy (non-hydrogen) atoms. The third-order valence-electron chi connectivity index (χ3n) is 5.95. The van der Waals surface area contributed by atoms with Crippen molar-refractivity contribution in [1.29, 1.82) is 4.78 Å². The van der Waals surface area contributed by atoms with E-state index in [1.807, 2.05) is 6.07 Å². The Balaban J connectivity index is 1.70. The number of methoxy groups -OCH3 is 1. The third-order valence-corrected chi connectivity index (χ3v) is 8.22. The Morgan fingerprint density at radius 3 is 2.49 bits per heavy atom. The number of carbonyl (C=O) groups excluding carboxylic acids is 2. The fourth-order valence-corrected chi connectivity index (χ4v) is 4.63. The topological polar surface area (TPSA) is 159 Å². The molecular formula is C25H29N7O4S. The summed E-state index contributed by atoms with van der Waals surface area (Å²) in [6.45, 7) is 3.48. The molecule has 1 fully saturated rings. The Kier molecular flexibility index (Phi) is 7.39. The standard InChI is InChI=1S/C25H29N7O4S/c1-14(2)37(26,35)16-10-11-18(28-13-16)17-6-5-7-19(23(17)36-4)29-20-12-21(30-24(33)15-8-9-15)31-32-22(20)25(34)27-3/h5-7,10-15,26H,8-9H2,1-4H3,(H,27,34)(H2,29,30,31,33)/t37-/m0/s1. The van der Waals surface area contributed by atoms with E-state index < -0.39 is 15.6 Å². The van der Waals surface area contributed by atoms with Crippen LogP contribution in [0, 0.1) is 10.7 Å². The highest BCUT2D eigenvalue weighted by Gasteiger charge is 2.30. The van der Waals surface area contributed by atoms with Gasteiger partial charge in [-0.3, -0.25) is 14.6 Å². The smallest absolute Gasteiger partial charge is 0.273 e. The molecule has 4 N–H and O–H groups in total. The van der Waals surface area contributed by atoms with Gasteiger partial charge in [-0.25, -0.2) is 8.99 Å². The largest absolute Gasteiger partial charge is 0.494 e. The summed E-state index contributed by atoms with van der Waals surface area (Å²) >= 11 is 0. The van der Waals surface area contributed by atoms with E-state index >= 15 is 0 Å². The number of benzene rings is 1. The Morgan fingerprint density at radius 1 is 1.14 bits per heavy atom. The number of hydrogen-bond donors (Lipinski definition) is 4. The van der Waals surface area contributed by atoms with E-state index in [0.717, 1.165) is 12.8 Å².